The first-order valence-electron chi connectivity index (χ1n) is 8.78. The molecular weight excluding hydrogens is 347 g/mol. The molecule has 3 aromatic rings. The molecule has 0 fully saturated rings. The number of hydrogen-bond donors (Lipinski definition) is 2. The monoisotopic (exact) mass is 368 g/mol. The Kier molecular flexibility index (Phi) is 5.49. The van der Waals surface area contributed by atoms with Crippen LogP contribution in [0.2, 0.25) is 0 Å². The van der Waals surface area contributed by atoms with Gasteiger partial charge in [0.25, 0.3) is 0 Å². The summed E-state index contributed by atoms with van der Waals surface area (Å²) in [6, 6.07) is 12.7. The largest absolute Gasteiger partial charge is 0.346 e. The molecule has 3 rings (SSSR count). The lowest BCUT2D eigenvalue weighted by atomic mass is 10.2. The molecule has 0 radical (unpaired) electrons. The summed E-state index contributed by atoms with van der Waals surface area (Å²) in [5.41, 5.74) is 2.07. The maximum Gasteiger partial charge on any atom is 0.244 e. The molecule has 0 bridgehead atoms. The van der Waals surface area contributed by atoms with E-state index in [2.05, 4.69) is 15.6 Å². The molecule has 0 aliphatic rings. The number of rotatable bonds is 6. The van der Waals surface area contributed by atoms with Crippen LogP contribution < -0.4 is 10.6 Å². The molecule has 0 aliphatic carbocycles. The van der Waals surface area contributed by atoms with Gasteiger partial charge in [-0.05, 0) is 43.3 Å². The molecule has 1 aromatic heterocycles. The normalized spacial score (nSPS) is 12.0. The van der Waals surface area contributed by atoms with Crippen LogP contribution in [0.5, 0.6) is 0 Å². The summed E-state index contributed by atoms with van der Waals surface area (Å²) in [6.07, 6.45) is 0.371. The molecular formula is C20H21FN4O2. The van der Waals surface area contributed by atoms with Crippen LogP contribution in [0.25, 0.3) is 11.0 Å². The van der Waals surface area contributed by atoms with Gasteiger partial charge in [-0.3, -0.25) is 9.59 Å². The Bertz CT molecular complexity index is 966. The zero-order valence-corrected chi connectivity index (χ0v) is 15.2. The maximum atomic E-state index is 13.0. The highest BCUT2D eigenvalue weighted by molar-refractivity contribution is 5.91. The van der Waals surface area contributed by atoms with E-state index in [1.807, 2.05) is 31.2 Å². The number of para-hydroxylation sites is 2. The van der Waals surface area contributed by atoms with Gasteiger partial charge >= 0.3 is 0 Å². The highest BCUT2D eigenvalue weighted by Crippen LogP contribution is 2.21. The van der Waals surface area contributed by atoms with Crippen molar-refractivity contribution in [1.82, 2.24) is 14.9 Å². The fraction of sp³-hybridized carbons (Fsp3) is 0.250. The molecule has 27 heavy (non-hydrogen) atoms. The first-order valence-corrected chi connectivity index (χ1v) is 8.78. The summed E-state index contributed by atoms with van der Waals surface area (Å²) >= 11 is 0. The van der Waals surface area contributed by atoms with Crippen LogP contribution in [-0.4, -0.2) is 21.4 Å². The Morgan fingerprint density at radius 3 is 2.52 bits per heavy atom. The third-order valence-electron chi connectivity index (χ3n) is 4.20. The molecule has 140 valence electrons. The molecule has 2 amide bonds. The minimum atomic E-state index is -0.364. The van der Waals surface area contributed by atoms with Gasteiger partial charge in [-0.25, -0.2) is 9.37 Å². The topological polar surface area (TPSA) is 76.0 Å². The number of benzene rings is 2. The highest BCUT2D eigenvalue weighted by Gasteiger charge is 2.19. The first kappa shape index (κ1) is 18.6. The number of hydrogen-bond acceptors (Lipinski definition) is 3. The van der Waals surface area contributed by atoms with Crippen LogP contribution in [0.15, 0.2) is 48.5 Å². The molecule has 2 N–H and O–H groups in total. The van der Waals surface area contributed by atoms with E-state index in [0.717, 1.165) is 11.0 Å². The van der Waals surface area contributed by atoms with Gasteiger partial charge < -0.3 is 15.2 Å². The summed E-state index contributed by atoms with van der Waals surface area (Å²) < 4.78 is 14.8. The van der Waals surface area contributed by atoms with E-state index in [0.29, 0.717) is 17.9 Å². The van der Waals surface area contributed by atoms with Crippen LogP contribution in [0.1, 0.15) is 32.1 Å². The lowest BCUT2D eigenvalue weighted by Gasteiger charge is -2.16. The van der Waals surface area contributed by atoms with Crippen molar-refractivity contribution in [2.75, 3.05) is 5.32 Å². The Balaban J connectivity index is 1.87. The number of amides is 2. The van der Waals surface area contributed by atoms with E-state index in [1.165, 1.54) is 24.3 Å². The van der Waals surface area contributed by atoms with E-state index in [1.54, 1.807) is 11.5 Å². The van der Waals surface area contributed by atoms with Gasteiger partial charge in [-0.2, -0.15) is 0 Å². The van der Waals surface area contributed by atoms with Crippen LogP contribution in [0, 0.1) is 5.82 Å². The van der Waals surface area contributed by atoms with Crippen LogP contribution in [0.3, 0.4) is 0 Å². The number of halogens is 1. The molecule has 0 saturated carbocycles. The number of carbonyl (C=O) groups is 2. The Hall–Kier alpha value is -3.22. The highest BCUT2D eigenvalue weighted by atomic mass is 19.1. The van der Waals surface area contributed by atoms with Gasteiger partial charge in [0.1, 0.15) is 18.2 Å². The second-order valence-corrected chi connectivity index (χ2v) is 6.24. The second-order valence-electron chi connectivity index (χ2n) is 6.24. The average molecular weight is 368 g/mol. The Labute approximate surface area is 156 Å². The molecule has 1 heterocycles. The van der Waals surface area contributed by atoms with Crippen LogP contribution in [-0.2, 0) is 16.1 Å². The molecule has 2 aromatic carbocycles. The quantitative estimate of drug-likeness (QED) is 0.700. The Morgan fingerprint density at radius 1 is 1.11 bits per heavy atom. The van der Waals surface area contributed by atoms with E-state index < -0.39 is 0 Å². The molecule has 1 unspecified atom stereocenters. The minimum Gasteiger partial charge on any atom is -0.346 e. The smallest absolute Gasteiger partial charge is 0.244 e. The van der Waals surface area contributed by atoms with Crippen molar-refractivity contribution in [1.29, 1.82) is 0 Å². The summed E-state index contributed by atoms with van der Waals surface area (Å²) in [6.45, 7) is 3.64. The van der Waals surface area contributed by atoms with Crippen molar-refractivity contribution in [2.45, 2.75) is 32.9 Å². The predicted molar refractivity (Wildman–Crippen MR) is 102 cm³/mol. The lowest BCUT2D eigenvalue weighted by molar-refractivity contribution is -0.121. The fourth-order valence-corrected chi connectivity index (χ4v) is 2.88. The third-order valence-corrected chi connectivity index (χ3v) is 4.20. The van der Waals surface area contributed by atoms with Crippen molar-refractivity contribution < 1.29 is 14.0 Å². The van der Waals surface area contributed by atoms with Gasteiger partial charge in [0.2, 0.25) is 11.8 Å². The Morgan fingerprint density at radius 2 is 1.81 bits per heavy atom. The zero-order chi connectivity index (χ0) is 19.4. The zero-order valence-electron chi connectivity index (χ0n) is 15.2. The molecule has 0 saturated heterocycles. The van der Waals surface area contributed by atoms with Crippen molar-refractivity contribution in [3.05, 3.63) is 60.2 Å². The minimum absolute atomic E-state index is 0.0273. The van der Waals surface area contributed by atoms with E-state index in [-0.39, 0.29) is 30.2 Å². The van der Waals surface area contributed by atoms with Crippen molar-refractivity contribution in [3.8, 4) is 0 Å². The fourth-order valence-electron chi connectivity index (χ4n) is 2.88. The summed E-state index contributed by atoms with van der Waals surface area (Å²) in [4.78, 5) is 28.9. The van der Waals surface area contributed by atoms with Crippen molar-refractivity contribution in [2.24, 2.45) is 0 Å². The van der Waals surface area contributed by atoms with Crippen molar-refractivity contribution in [3.63, 3.8) is 0 Å². The van der Waals surface area contributed by atoms with Crippen molar-refractivity contribution >= 4 is 28.5 Å². The number of fused-ring (bicyclic) bond motifs is 1. The van der Waals surface area contributed by atoms with E-state index >= 15 is 0 Å². The molecule has 7 heteroatoms. The number of nitrogens with zero attached hydrogens (tertiary/aromatic N) is 2. The summed E-state index contributed by atoms with van der Waals surface area (Å²) in [7, 11) is 0. The first-order chi connectivity index (χ1) is 13.0. The summed E-state index contributed by atoms with van der Waals surface area (Å²) in [5, 5.41) is 5.63. The van der Waals surface area contributed by atoms with Gasteiger partial charge in [0.15, 0.2) is 0 Å². The van der Waals surface area contributed by atoms with E-state index in [4.69, 9.17) is 0 Å². The standard InChI is InChI=1S/C20H21FN4O2/c1-3-18(26)22-13(2)20-24-16-6-4-5-7-17(16)25(20)12-19(27)23-15-10-8-14(21)9-11-15/h4-11,13H,3,12H2,1-2H3,(H,22,26)(H,23,27). The molecule has 6 nitrogen and oxygen atoms in total. The van der Waals surface area contributed by atoms with Gasteiger partial charge in [-0.1, -0.05) is 19.1 Å². The van der Waals surface area contributed by atoms with Crippen LogP contribution >= 0.6 is 0 Å². The second kappa shape index (κ2) is 7.99. The molecule has 0 spiro atoms. The maximum absolute atomic E-state index is 13.0. The van der Waals surface area contributed by atoms with Crippen LogP contribution in [0.4, 0.5) is 10.1 Å². The number of aromatic nitrogens is 2. The number of imidazole rings is 1. The summed E-state index contributed by atoms with van der Waals surface area (Å²) in [5.74, 6) is -0.111. The lowest BCUT2D eigenvalue weighted by Crippen LogP contribution is -2.29. The number of carbonyl (C=O) groups excluding carboxylic acids is 2. The predicted octanol–water partition coefficient (Wildman–Crippen LogP) is 3.40. The SMILES string of the molecule is CCC(=O)NC(C)c1nc2ccccc2n1CC(=O)Nc1ccc(F)cc1. The van der Waals surface area contributed by atoms with Gasteiger partial charge in [0, 0.05) is 12.1 Å². The molecule has 0 aliphatic heterocycles. The third kappa shape index (κ3) is 4.31. The molecule has 1 atom stereocenters. The number of anilines is 1. The number of nitrogens with one attached hydrogen (secondary N) is 2. The van der Waals surface area contributed by atoms with E-state index in [9.17, 15) is 14.0 Å². The average Bonchev–Trinajstić information content (AvgIpc) is 3.02. The van der Waals surface area contributed by atoms with Gasteiger partial charge in [0.05, 0.1) is 17.1 Å². The van der Waals surface area contributed by atoms with Gasteiger partial charge in [-0.15, -0.1) is 0 Å².